The average Bonchev–Trinajstić information content (AvgIpc) is 2.91. The summed E-state index contributed by atoms with van der Waals surface area (Å²) in [6.45, 7) is 1.98. The zero-order valence-electron chi connectivity index (χ0n) is 19.9. The van der Waals surface area contributed by atoms with Crippen molar-refractivity contribution in [1.82, 2.24) is 14.9 Å². The molecule has 2 amide bonds. The number of anilines is 1. The van der Waals surface area contributed by atoms with E-state index in [0.29, 0.717) is 17.0 Å². The zero-order valence-corrected chi connectivity index (χ0v) is 19.9. The zero-order chi connectivity index (χ0) is 25.5. The molecule has 0 saturated heterocycles. The number of ether oxygens (including phenoxy) is 1. The normalized spacial score (nSPS) is 11.4. The smallest absolute Gasteiger partial charge is 0.275 e. The largest absolute Gasteiger partial charge is 0.497 e. The minimum atomic E-state index is -1.02. The topological polar surface area (TPSA) is 84.4 Å². The third kappa shape index (κ3) is 5.72. The van der Waals surface area contributed by atoms with E-state index >= 15 is 0 Å². The van der Waals surface area contributed by atoms with Crippen molar-refractivity contribution in [2.45, 2.75) is 19.5 Å². The minimum Gasteiger partial charge on any atom is -0.497 e. The molecule has 36 heavy (non-hydrogen) atoms. The van der Waals surface area contributed by atoms with Gasteiger partial charge in [0.25, 0.3) is 11.8 Å². The summed E-state index contributed by atoms with van der Waals surface area (Å²) in [5, 5.41) is 2.83. The number of nitrogens with zero attached hydrogens (tertiary/aromatic N) is 3. The van der Waals surface area contributed by atoms with Gasteiger partial charge in [-0.1, -0.05) is 36.4 Å². The number of hydrogen-bond donors (Lipinski definition) is 1. The fraction of sp³-hybridized carbons (Fsp3) is 0.143. The molecule has 0 aliphatic rings. The summed E-state index contributed by atoms with van der Waals surface area (Å²) < 4.78 is 18.8. The molecule has 1 heterocycles. The van der Waals surface area contributed by atoms with Gasteiger partial charge in [0.15, 0.2) is 0 Å². The summed E-state index contributed by atoms with van der Waals surface area (Å²) in [6, 6.07) is 19.1. The first-order chi connectivity index (χ1) is 17.5. The van der Waals surface area contributed by atoms with Gasteiger partial charge in [0.05, 0.1) is 13.3 Å². The van der Waals surface area contributed by atoms with Crippen molar-refractivity contribution in [1.29, 1.82) is 0 Å². The van der Waals surface area contributed by atoms with Crippen molar-refractivity contribution in [3.8, 4) is 5.75 Å². The molecule has 0 aliphatic heterocycles. The Balaban J connectivity index is 1.81. The van der Waals surface area contributed by atoms with Gasteiger partial charge in [-0.2, -0.15) is 0 Å². The lowest BCUT2D eigenvalue weighted by molar-refractivity contribution is -0.121. The van der Waals surface area contributed by atoms with E-state index in [1.54, 1.807) is 13.2 Å². The quantitative estimate of drug-likeness (QED) is 0.382. The maximum absolute atomic E-state index is 13.8. The van der Waals surface area contributed by atoms with Gasteiger partial charge in [-0.15, -0.1) is 0 Å². The van der Waals surface area contributed by atoms with Crippen molar-refractivity contribution in [2.75, 3.05) is 12.4 Å². The lowest BCUT2D eigenvalue weighted by Gasteiger charge is -2.32. The molecule has 1 N–H and O–H groups in total. The number of aryl methyl sites for hydroxylation is 1. The number of amides is 2. The van der Waals surface area contributed by atoms with E-state index < -0.39 is 23.7 Å². The van der Waals surface area contributed by atoms with Gasteiger partial charge in [-0.25, -0.2) is 9.37 Å². The third-order valence-electron chi connectivity index (χ3n) is 5.69. The number of nitrogens with one attached hydrogen (secondary N) is 1. The second-order valence-electron chi connectivity index (χ2n) is 8.13. The highest BCUT2D eigenvalue weighted by atomic mass is 19.1. The van der Waals surface area contributed by atoms with Crippen LogP contribution in [0.5, 0.6) is 5.75 Å². The number of carbonyl (C=O) groups excluding carboxylic acids is 2. The summed E-state index contributed by atoms with van der Waals surface area (Å²) in [5.41, 5.74) is 2.76. The van der Waals surface area contributed by atoms with Gasteiger partial charge in [-0.05, 0) is 60.0 Å². The summed E-state index contributed by atoms with van der Waals surface area (Å²) in [7, 11) is 1.56. The van der Waals surface area contributed by atoms with E-state index in [1.807, 2.05) is 49.4 Å². The van der Waals surface area contributed by atoms with E-state index in [0.717, 1.165) is 11.1 Å². The van der Waals surface area contributed by atoms with Gasteiger partial charge in [0, 0.05) is 24.6 Å². The van der Waals surface area contributed by atoms with E-state index in [2.05, 4.69) is 15.3 Å². The monoisotopic (exact) mass is 484 g/mol. The Hall–Kier alpha value is -4.59. The first kappa shape index (κ1) is 24.5. The molecule has 7 nitrogen and oxygen atoms in total. The minimum absolute atomic E-state index is 0.0996. The molecule has 0 bridgehead atoms. The van der Waals surface area contributed by atoms with Crippen molar-refractivity contribution in [2.24, 2.45) is 0 Å². The van der Waals surface area contributed by atoms with Crippen LogP contribution in [-0.4, -0.2) is 33.8 Å². The Labute approximate surface area is 208 Å². The van der Waals surface area contributed by atoms with E-state index in [4.69, 9.17) is 4.74 Å². The summed E-state index contributed by atoms with van der Waals surface area (Å²) in [5.74, 6) is -0.701. The Morgan fingerprint density at radius 2 is 1.81 bits per heavy atom. The molecular weight excluding hydrogens is 459 g/mol. The highest BCUT2D eigenvalue weighted by Gasteiger charge is 2.34. The maximum Gasteiger partial charge on any atom is 0.275 e. The first-order valence-corrected chi connectivity index (χ1v) is 11.3. The van der Waals surface area contributed by atoms with Crippen LogP contribution in [0.1, 0.15) is 33.2 Å². The van der Waals surface area contributed by atoms with E-state index in [9.17, 15) is 14.0 Å². The molecule has 3 aromatic carbocycles. The molecule has 0 saturated carbocycles. The van der Waals surface area contributed by atoms with Gasteiger partial charge in [-0.3, -0.25) is 14.6 Å². The maximum atomic E-state index is 13.8. The van der Waals surface area contributed by atoms with Crippen molar-refractivity contribution < 1.29 is 18.7 Å². The molecule has 4 aromatic rings. The van der Waals surface area contributed by atoms with Crippen molar-refractivity contribution >= 4 is 17.5 Å². The summed E-state index contributed by atoms with van der Waals surface area (Å²) in [6.07, 6.45) is 4.27. The molecule has 0 radical (unpaired) electrons. The second kappa shape index (κ2) is 11.2. The predicted octanol–water partition coefficient (Wildman–Crippen LogP) is 4.96. The summed E-state index contributed by atoms with van der Waals surface area (Å²) in [4.78, 5) is 37.2. The van der Waals surface area contributed by atoms with Crippen LogP contribution in [0.2, 0.25) is 0 Å². The average molecular weight is 485 g/mol. The lowest BCUT2D eigenvalue weighted by Crippen LogP contribution is -2.41. The molecule has 8 heteroatoms. The molecular formula is C28H25FN4O3. The van der Waals surface area contributed by atoms with Crippen LogP contribution in [0.25, 0.3) is 0 Å². The molecule has 0 aliphatic carbocycles. The fourth-order valence-corrected chi connectivity index (χ4v) is 3.89. The van der Waals surface area contributed by atoms with Gasteiger partial charge >= 0.3 is 0 Å². The molecule has 182 valence electrons. The van der Waals surface area contributed by atoms with Crippen molar-refractivity contribution in [3.63, 3.8) is 0 Å². The molecule has 4 rings (SSSR count). The Morgan fingerprint density at radius 1 is 1.03 bits per heavy atom. The predicted molar refractivity (Wildman–Crippen MR) is 134 cm³/mol. The van der Waals surface area contributed by atoms with Gasteiger partial charge in [0.2, 0.25) is 0 Å². The lowest BCUT2D eigenvalue weighted by atomic mass is 9.97. The number of methoxy groups -OCH3 is 1. The number of benzene rings is 3. The molecule has 1 atom stereocenters. The fourth-order valence-electron chi connectivity index (χ4n) is 3.89. The van der Waals surface area contributed by atoms with Gasteiger partial charge in [0.1, 0.15) is 23.3 Å². The van der Waals surface area contributed by atoms with E-state index in [1.165, 1.54) is 47.8 Å². The molecule has 1 unspecified atom stereocenters. The highest BCUT2D eigenvalue weighted by molar-refractivity contribution is 6.01. The Kier molecular flexibility index (Phi) is 7.65. The number of hydrogen-bond acceptors (Lipinski definition) is 5. The summed E-state index contributed by atoms with van der Waals surface area (Å²) >= 11 is 0. The molecule has 1 aromatic heterocycles. The Bertz CT molecular complexity index is 1350. The number of rotatable bonds is 8. The number of halogens is 1. The highest BCUT2D eigenvalue weighted by Crippen LogP contribution is 2.29. The van der Waals surface area contributed by atoms with Crippen LogP contribution in [0.3, 0.4) is 0 Å². The van der Waals surface area contributed by atoms with Gasteiger partial charge < -0.3 is 15.0 Å². The van der Waals surface area contributed by atoms with Crippen LogP contribution in [-0.2, 0) is 11.3 Å². The van der Waals surface area contributed by atoms with E-state index in [-0.39, 0.29) is 12.2 Å². The van der Waals surface area contributed by atoms with Crippen LogP contribution in [0, 0.1) is 12.7 Å². The molecule has 0 spiro atoms. The number of carbonyl (C=O) groups is 2. The van der Waals surface area contributed by atoms with Crippen LogP contribution in [0.15, 0.2) is 91.4 Å². The number of aromatic nitrogens is 2. The van der Waals surface area contributed by atoms with Crippen molar-refractivity contribution in [3.05, 3.63) is 120 Å². The Morgan fingerprint density at radius 3 is 2.50 bits per heavy atom. The standard InChI is InChI=1S/C28H25FN4O3/c1-19-6-3-4-9-24(19)26(27(34)32-22-12-10-21(29)11-13-22)33(28(35)25-17-30-14-15-31-25)18-20-7-5-8-23(16-20)36-2/h3-17,26H,18H2,1-2H3,(H,32,34). The van der Waals surface area contributed by atoms with Crippen LogP contribution < -0.4 is 10.1 Å². The SMILES string of the molecule is COc1cccc(CN(C(=O)c2cnccn2)C(C(=O)Nc2ccc(F)cc2)c2ccccc2C)c1. The first-order valence-electron chi connectivity index (χ1n) is 11.3. The van der Waals surface area contributed by atoms with Crippen LogP contribution in [0.4, 0.5) is 10.1 Å². The third-order valence-corrected chi connectivity index (χ3v) is 5.69. The second-order valence-corrected chi connectivity index (χ2v) is 8.13. The molecule has 0 fully saturated rings. The van der Waals surface area contributed by atoms with Crippen LogP contribution >= 0.6 is 0 Å².